The van der Waals surface area contributed by atoms with E-state index in [1.807, 2.05) is 0 Å². The zero-order valence-corrected chi connectivity index (χ0v) is 5.60. The van der Waals surface area contributed by atoms with Crippen LogP contribution < -0.4 is 0 Å². The van der Waals surface area contributed by atoms with Crippen LogP contribution in [0.15, 0.2) is 23.4 Å². The molecule has 2 nitrogen and oxygen atoms in total. The fraction of sp³-hybridized carbons (Fsp3) is 0. The molecule has 46 valence electrons. The van der Waals surface area contributed by atoms with Crippen LogP contribution in [0.4, 0.5) is 0 Å². The summed E-state index contributed by atoms with van der Waals surface area (Å²) >= 11 is 4.02. The van der Waals surface area contributed by atoms with Crippen LogP contribution in [0.5, 0.6) is 0 Å². The third-order valence-corrected chi connectivity index (χ3v) is 1.35. The molecule has 1 heterocycles. The minimum atomic E-state index is 0.604. The Morgan fingerprint density at radius 2 is 2.44 bits per heavy atom. The second-order valence-electron chi connectivity index (χ2n) is 1.56. The summed E-state index contributed by atoms with van der Waals surface area (Å²) in [6.45, 7) is 0. The van der Waals surface area contributed by atoms with E-state index in [0.29, 0.717) is 5.03 Å². The van der Waals surface area contributed by atoms with E-state index >= 15 is 0 Å². The molecule has 0 aliphatic rings. The maximum Gasteiger partial charge on any atom is 0.102 e. The Labute approximate surface area is 58.9 Å². The topological polar surface area (TPSA) is 36.7 Å². The summed E-state index contributed by atoms with van der Waals surface area (Å²) in [7, 11) is 0. The molecule has 1 rings (SSSR count). The van der Waals surface area contributed by atoms with Crippen molar-refractivity contribution in [3.8, 4) is 0 Å². The van der Waals surface area contributed by atoms with E-state index < -0.39 is 0 Å². The Kier molecular flexibility index (Phi) is 1.85. The molecule has 0 fully saturated rings. The number of pyridine rings is 1. The first-order chi connectivity index (χ1) is 4.34. The third kappa shape index (κ3) is 1.29. The maximum absolute atomic E-state index is 6.87. The van der Waals surface area contributed by atoms with Crippen molar-refractivity contribution in [3.63, 3.8) is 0 Å². The Bertz CT molecular complexity index is 222. The molecular formula is C6H6N2S. The zero-order valence-electron chi connectivity index (χ0n) is 4.70. The van der Waals surface area contributed by atoms with Gasteiger partial charge in [-0.2, -0.15) is 0 Å². The highest BCUT2D eigenvalue weighted by Crippen LogP contribution is 2.04. The zero-order chi connectivity index (χ0) is 6.69. The van der Waals surface area contributed by atoms with E-state index in [1.165, 1.54) is 6.21 Å². The van der Waals surface area contributed by atoms with Crippen molar-refractivity contribution < 1.29 is 0 Å². The van der Waals surface area contributed by atoms with E-state index in [1.54, 1.807) is 18.3 Å². The highest BCUT2D eigenvalue weighted by Gasteiger charge is 1.90. The van der Waals surface area contributed by atoms with Gasteiger partial charge in [-0.1, -0.05) is 0 Å². The number of nitrogens with zero attached hydrogens (tertiary/aromatic N) is 1. The standard InChI is InChI=1S/C6H6N2S/c7-4-5-2-1-3-8-6(5)9/h1-4,7H,(H,8,9). The first kappa shape index (κ1) is 6.29. The molecular weight excluding hydrogens is 132 g/mol. The van der Waals surface area contributed by atoms with Gasteiger partial charge in [-0.15, -0.1) is 12.6 Å². The minimum Gasteiger partial charge on any atom is -0.308 e. The molecule has 0 radical (unpaired) electrons. The van der Waals surface area contributed by atoms with Crippen LogP contribution in [0.1, 0.15) is 5.56 Å². The lowest BCUT2D eigenvalue weighted by atomic mass is 10.3. The molecule has 1 aromatic heterocycles. The van der Waals surface area contributed by atoms with E-state index in [0.717, 1.165) is 5.56 Å². The molecule has 1 N–H and O–H groups in total. The maximum atomic E-state index is 6.87. The van der Waals surface area contributed by atoms with Crippen molar-refractivity contribution in [2.75, 3.05) is 0 Å². The summed E-state index contributed by atoms with van der Waals surface area (Å²) in [5.41, 5.74) is 0.751. The van der Waals surface area contributed by atoms with Crippen molar-refractivity contribution in [2.45, 2.75) is 5.03 Å². The van der Waals surface area contributed by atoms with Crippen molar-refractivity contribution in [3.05, 3.63) is 23.9 Å². The van der Waals surface area contributed by atoms with Crippen molar-refractivity contribution in [1.82, 2.24) is 4.98 Å². The average Bonchev–Trinajstić information content (AvgIpc) is 1.89. The lowest BCUT2D eigenvalue weighted by Gasteiger charge is -1.92. The van der Waals surface area contributed by atoms with Crippen LogP contribution in [-0.4, -0.2) is 11.2 Å². The third-order valence-electron chi connectivity index (χ3n) is 0.972. The van der Waals surface area contributed by atoms with Gasteiger partial charge in [-0.25, -0.2) is 4.98 Å². The average molecular weight is 138 g/mol. The van der Waals surface area contributed by atoms with Crippen LogP contribution in [-0.2, 0) is 0 Å². The molecule has 0 atom stereocenters. The van der Waals surface area contributed by atoms with Gasteiger partial charge in [-0.3, -0.25) is 0 Å². The number of nitrogens with one attached hydrogen (secondary N) is 1. The van der Waals surface area contributed by atoms with Crippen molar-refractivity contribution in [1.29, 1.82) is 5.41 Å². The molecule has 0 aromatic carbocycles. The highest BCUT2D eigenvalue weighted by atomic mass is 32.1. The van der Waals surface area contributed by atoms with Gasteiger partial charge >= 0.3 is 0 Å². The molecule has 0 spiro atoms. The first-order valence-corrected chi connectivity index (χ1v) is 2.94. The van der Waals surface area contributed by atoms with Gasteiger partial charge in [-0.05, 0) is 12.1 Å². The van der Waals surface area contributed by atoms with Gasteiger partial charge in [0.25, 0.3) is 0 Å². The van der Waals surface area contributed by atoms with Crippen LogP contribution >= 0.6 is 12.6 Å². The van der Waals surface area contributed by atoms with E-state index in [9.17, 15) is 0 Å². The Hall–Kier alpha value is -0.830. The fourth-order valence-electron chi connectivity index (χ4n) is 0.522. The Morgan fingerprint density at radius 1 is 1.67 bits per heavy atom. The van der Waals surface area contributed by atoms with Crippen LogP contribution in [0.2, 0.25) is 0 Å². The number of hydrogen-bond acceptors (Lipinski definition) is 3. The molecule has 0 bridgehead atoms. The molecule has 0 saturated carbocycles. The summed E-state index contributed by atoms with van der Waals surface area (Å²) in [6.07, 6.45) is 2.88. The molecule has 0 aliphatic heterocycles. The summed E-state index contributed by atoms with van der Waals surface area (Å²) in [6, 6.07) is 3.57. The molecule has 0 saturated heterocycles. The highest BCUT2D eigenvalue weighted by molar-refractivity contribution is 7.80. The van der Waals surface area contributed by atoms with Gasteiger partial charge in [0, 0.05) is 18.0 Å². The molecule has 1 aromatic rings. The smallest absolute Gasteiger partial charge is 0.102 e. The minimum absolute atomic E-state index is 0.604. The number of thiol groups is 1. The van der Waals surface area contributed by atoms with Gasteiger partial charge in [0.05, 0.1) is 0 Å². The largest absolute Gasteiger partial charge is 0.308 e. The summed E-state index contributed by atoms with van der Waals surface area (Å²) < 4.78 is 0. The summed E-state index contributed by atoms with van der Waals surface area (Å²) in [5.74, 6) is 0. The molecule has 9 heavy (non-hydrogen) atoms. The van der Waals surface area contributed by atoms with Crippen LogP contribution in [0, 0.1) is 5.41 Å². The van der Waals surface area contributed by atoms with Crippen LogP contribution in [0.3, 0.4) is 0 Å². The second-order valence-corrected chi connectivity index (χ2v) is 1.98. The number of hydrogen-bond donors (Lipinski definition) is 2. The fourth-order valence-corrected chi connectivity index (χ4v) is 0.728. The van der Waals surface area contributed by atoms with E-state index in [4.69, 9.17) is 5.41 Å². The quantitative estimate of drug-likeness (QED) is 0.446. The molecule has 0 aliphatic carbocycles. The van der Waals surface area contributed by atoms with E-state index in [2.05, 4.69) is 17.6 Å². The monoisotopic (exact) mass is 138 g/mol. The lowest BCUT2D eigenvalue weighted by molar-refractivity contribution is 1.13. The lowest BCUT2D eigenvalue weighted by Crippen LogP contribution is -1.83. The SMILES string of the molecule is N=Cc1cccnc1S. The van der Waals surface area contributed by atoms with Crippen molar-refractivity contribution in [2.24, 2.45) is 0 Å². The number of aromatic nitrogens is 1. The van der Waals surface area contributed by atoms with Crippen molar-refractivity contribution >= 4 is 18.8 Å². The molecule has 0 amide bonds. The first-order valence-electron chi connectivity index (χ1n) is 2.49. The van der Waals surface area contributed by atoms with Crippen LogP contribution in [0.25, 0.3) is 0 Å². The molecule has 0 unspecified atom stereocenters. The summed E-state index contributed by atoms with van der Waals surface area (Å²) in [4.78, 5) is 3.86. The predicted molar refractivity (Wildman–Crippen MR) is 39.4 cm³/mol. The second kappa shape index (κ2) is 2.64. The molecule has 3 heteroatoms. The Morgan fingerprint density at radius 3 is 2.89 bits per heavy atom. The van der Waals surface area contributed by atoms with E-state index in [-0.39, 0.29) is 0 Å². The normalized spacial score (nSPS) is 9.00. The van der Waals surface area contributed by atoms with Gasteiger partial charge in [0.2, 0.25) is 0 Å². The Balaban J connectivity index is 3.15. The van der Waals surface area contributed by atoms with Gasteiger partial charge in [0.1, 0.15) is 5.03 Å². The van der Waals surface area contributed by atoms with Gasteiger partial charge < -0.3 is 5.41 Å². The van der Waals surface area contributed by atoms with Gasteiger partial charge in [0.15, 0.2) is 0 Å². The predicted octanol–water partition coefficient (Wildman–Crippen LogP) is 1.37. The summed E-state index contributed by atoms with van der Waals surface area (Å²) in [5, 5.41) is 7.47. The number of rotatable bonds is 1.